The Morgan fingerprint density at radius 2 is 1.64 bits per heavy atom. The number of halogens is 1. The van der Waals surface area contributed by atoms with Gasteiger partial charge in [-0.15, -0.1) is 11.3 Å². The molecular formula is C28H29FN2O4S. The number of carbonyl (C=O) groups excluding carboxylic acids is 3. The molecule has 0 spiro atoms. The summed E-state index contributed by atoms with van der Waals surface area (Å²) in [6.07, 6.45) is 2.38. The van der Waals surface area contributed by atoms with Gasteiger partial charge < -0.3 is 15.4 Å². The minimum atomic E-state index is -0.637. The topological polar surface area (TPSA) is 84.5 Å². The lowest BCUT2D eigenvalue weighted by molar-refractivity contribution is 0.0601. The maximum Gasteiger partial charge on any atom is 0.339 e. The largest absolute Gasteiger partial charge is 0.465 e. The Morgan fingerprint density at radius 1 is 0.972 bits per heavy atom. The molecule has 1 aromatic heterocycles. The van der Waals surface area contributed by atoms with Gasteiger partial charge in [0.25, 0.3) is 11.8 Å². The molecule has 0 saturated carbocycles. The number of fused-ring (bicyclic) bond motifs is 1. The maximum absolute atomic E-state index is 14.3. The number of carbonyl (C=O) groups is 3. The van der Waals surface area contributed by atoms with E-state index in [-0.39, 0.29) is 16.5 Å². The van der Waals surface area contributed by atoms with Gasteiger partial charge in [-0.3, -0.25) is 9.59 Å². The number of methoxy groups -OCH3 is 1. The Hall–Kier alpha value is -3.52. The van der Waals surface area contributed by atoms with E-state index >= 15 is 0 Å². The van der Waals surface area contributed by atoms with Crippen LogP contribution in [0.5, 0.6) is 0 Å². The van der Waals surface area contributed by atoms with Gasteiger partial charge in [-0.2, -0.15) is 0 Å². The fraction of sp³-hybridized carbons (Fsp3) is 0.321. The smallest absolute Gasteiger partial charge is 0.339 e. The monoisotopic (exact) mass is 508 g/mol. The highest BCUT2D eigenvalue weighted by Gasteiger charge is 2.34. The molecule has 0 fully saturated rings. The second-order valence-electron chi connectivity index (χ2n) is 9.94. The molecule has 0 radical (unpaired) electrons. The van der Waals surface area contributed by atoms with Crippen molar-refractivity contribution in [1.29, 1.82) is 0 Å². The fourth-order valence-electron chi connectivity index (χ4n) is 4.53. The Labute approximate surface area is 213 Å². The van der Waals surface area contributed by atoms with Crippen LogP contribution in [0.1, 0.15) is 68.7 Å². The number of esters is 1. The summed E-state index contributed by atoms with van der Waals surface area (Å²) >= 11 is 1.36. The van der Waals surface area contributed by atoms with Gasteiger partial charge in [0.05, 0.1) is 29.5 Å². The SMILES string of the molecule is COC(=O)c1ccccc1NC(=O)c1c(NC(=O)c2ccccc2F)sc2c1CCC(C(C)(C)C)C2. The van der Waals surface area contributed by atoms with Crippen LogP contribution in [0.2, 0.25) is 0 Å². The maximum atomic E-state index is 14.3. The van der Waals surface area contributed by atoms with E-state index < -0.39 is 23.6 Å². The number of hydrogen-bond donors (Lipinski definition) is 2. The Kier molecular flexibility index (Phi) is 7.26. The van der Waals surface area contributed by atoms with Crippen LogP contribution in [0.3, 0.4) is 0 Å². The second-order valence-corrected chi connectivity index (χ2v) is 11.0. The quantitative estimate of drug-likeness (QED) is 0.395. The van der Waals surface area contributed by atoms with Crippen molar-refractivity contribution in [3.8, 4) is 0 Å². The van der Waals surface area contributed by atoms with E-state index in [0.717, 1.165) is 23.3 Å². The average Bonchev–Trinajstić information content (AvgIpc) is 3.20. The van der Waals surface area contributed by atoms with Crippen LogP contribution >= 0.6 is 11.3 Å². The molecule has 1 heterocycles. The van der Waals surface area contributed by atoms with Crippen LogP contribution in [0.25, 0.3) is 0 Å². The Morgan fingerprint density at radius 3 is 2.31 bits per heavy atom. The highest BCUT2D eigenvalue weighted by molar-refractivity contribution is 7.17. The van der Waals surface area contributed by atoms with E-state index in [9.17, 15) is 18.8 Å². The fourth-order valence-corrected chi connectivity index (χ4v) is 5.85. The summed E-state index contributed by atoms with van der Waals surface area (Å²) in [4.78, 5) is 39.8. The molecule has 188 valence electrons. The van der Waals surface area contributed by atoms with Gasteiger partial charge in [0.15, 0.2) is 0 Å². The van der Waals surface area contributed by atoms with E-state index in [4.69, 9.17) is 4.74 Å². The van der Waals surface area contributed by atoms with Crippen LogP contribution < -0.4 is 10.6 Å². The van der Waals surface area contributed by atoms with Gasteiger partial charge in [0.2, 0.25) is 0 Å². The molecule has 1 aliphatic carbocycles. The third kappa shape index (κ3) is 5.18. The van der Waals surface area contributed by atoms with E-state index in [1.807, 2.05) is 0 Å². The third-order valence-corrected chi connectivity index (χ3v) is 7.81. The molecule has 4 rings (SSSR count). The van der Waals surface area contributed by atoms with Crippen molar-refractivity contribution in [3.05, 3.63) is 81.5 Å². The first-order valence-corrected chi connectivity index (χ1v) is 12.6. The predicted octanol–water partition coefficient (Wildman–Crippen LogP) is 6.33. The predicted molar refractivity (Wildman–Crippen MR) is 139 cm³/mol. The van der Waals surface area contributed by atoms with E-state index in [0.29, 0.717) is 28.6 Å². The number of nitrogens with one attached hydrogen (secondary N) is 2. The van der Waals surface area contributed by atoms with Gasteiger partial charge in [-0.25, -0.2) is 9.18 Å². The highest BCUT2D eigenvalue weighted by Crippen LogP contribution is 2.44. The summed E-state index contributed by atoms with van der Waals surface area (Å²) in [7, 11) is 1.28. The van der Waals surface area contributed by atoms with Crippen LogP contribution in [-0.4, -0.2) is 24.9 Å². The first-order chi connectivity index (χ1) is 17.1. The van der Waals surface area contributed by atoms with Crippen molar-refractivity contribution in [3.63, 3.8) is 0 Å². The minimum Gasteiger partial charge on any atom is -0.465 e. The number of hydrogen-bond acceptors (Lipinski definition) is 5. The van der Waals surface area contributed by atoms with Crippen LogP contribution in [0.15, 0.2) is 48.5 Å². The van der Waals surface area contributed by atoms with Gasteiger partial charge in [0.1, 0.15) is 10.8 Å². The molecule has 2 N–H and O–H groups in total. The number of rotatable bonds is 5. The molecule has 1 aliphatic rings. The van der Waals surface area contributed by atoms with Crippen molar-refractivity contribution >= 4 is 39.8 Å². The molecule has 1 unspecified atom stereocenters. The Balaban J connectivity index is 1.72. The van der Waals surface area contributed by atoms with Gasteiger partial charge in [0, 0.05) is 4.88 Å². The summed E-state index contributed by atoms with van der Waals surface area (Å²) in [5.41, 5.74) is 1.77. The molecule has 36 heavy (non-hydrogen) atoms. The van der Waals surface area contributed by atoms with E-state index in [1.54, 1.807) is 30.3 Å². The number of thiophene rings is 1. The van der Waals surface area contributed by atoms with Crippen LogP contribution in [0, 0.1) is 17.2 Å². The molecule has 2 amide bonds. The summed E-state index contributed by atoms with van der Waals surface area (Å²) < 4.78 is 19.1. The zero-order valence-electron chi connectivity index (χ0n) is 20.7. The molecule has 0 aliphatic heterocycles. The number of ether oxygens (including phenoxy) is 1. The van der Waals surface area contributed by atoms with Crippen molar-refractivity contribution in [2.75, 3.05) is 17.7 Å². The lowest BCUT2D eigenvalue weighted by Crippen LogP contribution is -2.27. The number of benzene rings is 2. The molecule has 8 heteroatoms. The molecular weight excluding hydrogens is 479 g/mol. The molecule has 0 bridgehead atoms. The first-order valence-electron chi connectivity index (χ1n) is 11.8. The minimum absolute atomic E-state index is 0.0974. The standard InChI is InChI=1S/C28H29FN2O4S/c1-28(2,3)16-13-14-19-22(15-16)36-26(31-24(32)17-9-5-7-11-20(17)29)23(19)25(33)30-21-12-8-6-10-18(21)27(34)35-4/h5-12,16H,13-15H2,1-4H3,(H,30,33)(H,31,32). The average molecular weight is 509 g/mol. The lowest BCUT2D eigenvalue weighted by atomic mass is 9.72. The lowest BCUT2D eigenvalue weighted by Gasteiger charge is -2.33. The van der Waals surface area contributed by atoms with Gasteiger partial charge in [-0.05, 0) is 60.4 Å². The molecule has 0 saturated heterocycles. The number of para-hydroxylation sites is 1. The summed E-state index contributed by atoms with van der Waals surface area (Å²) in [5, 5.41) is 5.98. The second kappa shape index (κ2) is 10.2. The normalized spacial score (nSPS) is 15.1. The molecule has 3 aromatic rings. The molecule has 1 atom stereocenters. The van der Waals surface area contributed by atoms with Crippen molar-refractivity contribution in [2.45, 2.75) is 40.0 Å². The zero-order valence-corrected chi connectivity index (χ0v) is 21.6. The van der Waals surface area contributed by atoms with Crippen molar-refractivity contribution in [2.24, 2.45) is 11.3 Å². The highest BCUT2D eigenvalue weighted by atomic mass is 32.1. The van der Waals surface area contributed by atoms with Crippen molar-refractivity contribution in [1.82, 2.24) is 0 Å². The summed E-state index contributed by atoms with van der Waals surface area (Å²) in [6, 6.07) is 12.3. The number of amides is 2. The van der Waals surface area contributed by atoms with Crippen LogP contribution in [0.4, 0.5) is 15.1 Å². The number of anilines is 2. The zero-order chi connectivity index (χ0) is 26.0. The Bertz CT molecular complexity index is 1330. The van der Waals surface area contributed by atoms with E-state index in [2.05, 4.69) is 31.4 Å². The summed E-state index contributed by atoms with van der Waals surface area (Å²) in [5.74, 6) is -1.85. The van der Waals surface area contributed by atoms with E-state index in [1.165, 1.54) is 36.6 Å². The van der Waals surface area contributed by atoms with Gasteiger partial charge >= 0.3 is 5.97 Å². The molecule has 6 nitrogen and oxygen atoms in total. The van der Waals surface area contributed by atoms with Crippen molar-refractivity contribution < 1.29 is 23.5 Å². The first kappa shape index (κ1) is 25.6. The third-order valence-electron chi connectivity index (χ3n) is 6.64. The van der Waals surface area contributed by atoms with Crippen LogP contribution in [-0.2, 0) is 17.6 Å². The van der Waals surface area contributed by atoms with Gasteiger partial charge in [-0.1, -0.05) is 45.0 Å². The molecule has 2 aromatic carbocycles. The summed E-state index contributed by atoms with van der Waals surface area (Å²) in [6.45, 7) is 6.61.